The van der Waals surface area contributed by atoms with E-state index in [1.165, 1.54) is 12.1 Å². The number of amides is 1. The van der Waals surface area contributed by atoms with E-state index in [9.17, 15) is 18.8 Å². The van der Waals surface area contributed by atoms with Crippen LogP contribution in [-0.2, 0) is 13.2 Å². The largest absolute Gasteiger partial charge is 0.489 e. The van der Waals surface area contributed by atoms with Gasteiger partial charge in [0.1, 0.15) is 18.2 Å². The van der Waals surface area contributed by atoms with E-state index in [1.807, 2.05) is 72.5 Å². The molecule has 6 rings (SSSR count). The molecule has 0 saturated carbocycles. The number of aromatic nitrogens is 2. The number of likely N-dealkylation sites (tertiary alicyclic amines) is 1. The van der Waals surface area contributed by atoms with E-state index in [4.69, 9.17) is 9.26 Å². The van der Waals surface area contributed by atoms with Gasteiger partial charge in [0.05, 0.1) is 6.54 Å². The molecule has 1 N–H and O–H groups in total. The highest BCUT2D eigenvalue weighted by Gasteiger charge is 2.25. The summed E-state index contributed by atoms with van der Waals surface area (Å²) in [4.78, 5) is 40.1. The van der Waals surface area contributed by atoms with Crippen molar-refractivity contribution < 1.29 is 18.4 Å². The molecule has 1 aromatic heterocycles. The second-order valence-corrected chi connectivity index (χ2v) is 11.1. The van der Waals surface area contributed by atoms with Gasteiger partial charge in [-0.05, 0) is 102 Å². The average Bonchev–Trinajstić information content (AvgIpc) is 3.36. The standard InChI is InChI=1S/C35H32FN3O5/c1-23-19-29(33(40)38-17-15-27(16-18-38)26-7-10-30(36)11-8-26)9-14-32(23)28-4-2-3-25(20-28)22-43-31-12-5-24(6-13-31)21-39-34(41)37-35(42)44-39/h2-14,19-20,27H,15-18,21-22H2,1H3,(H,37,41,42). The van der Waals surface area contributed by atoms with E-state index < -0.39 is 11.4 Å². The first-order valence-corrected chi connectivity index (χ1v) is 14.6. The number of H-pyrrole nitrogens is 1. The third-order valence-corrected chi connectivity index (χ3v) is 8.12. The van der Waals surface area contributed by atoms with Gasteiger partial charge >= 0.3 is 11.4 Å². The number of benzene rings is 4. The second kappa shape index (κ2) is 12.6. The minimum Gasteiger partial charge on any atom is -0.489 e. The van der Waals surface area contributed by atoms with Crippen LogP contribution in [0.3, 0.4) is 0 Å². The van der Waals surface area contributed by atoms with Crippen molar-refractivity contribution in [3.8, 4) is 16.9 Å². The summed E-state index contributed by atoms with van der Waals surface area (Å²) >= 11 is 0. The number of ether oxygens (including phenoxy) is 1. The summed E-state index contributed by atoms with van der Waals surface area (Å²) in [6.07, 6.45) is 1.73. The Kier molecular flexibility index (Phi) is 8.27. The molecule has 0 bridgehead atoms. The van der Waals surface area contributed by atoms with Crippen molar-refractivity contribution in [3.05, 3.63) is 146 Å². The molecule has 0 atom stereocenters. The van der Waals surface area contributed by atoms with Crippen LogP contribution in [0.25, 0.3) is 11.1 Å². The maximum atomic E-state index is 13.3. The Balaban J connectivity index is 1.06. The Morgan fingerprint density at radius 1 is 0.932 bits per heavy atom. The molecule has 0 unspecified atom stereocenters. The molecular formula is C35H32FN3O5. The van der Waals surface area contributed by atoms with Crippen LogP contribution >= 0.6 is 0 Å². The number of hydrogen-bond donors (Lipinski definition) is 1. The van der Waals surface area contributed by atoms with Gasteiger partial charge in [0.2, 0.25) is 0 Å². The Labute approximate surface area is 253 Å². The smallest absolute Gasteiger partial charge is 0.440 e. The van der Waals surface area contributed by atoms with Crippen LogP contribution in [0, 0.1) is 12.7 Å². The molecule has 4 aromatic carbocycles. The molecule has 44 heavy (non-hydrogen) atoms. The Hall–Kier alpha value is -5.18. The van der Waals surface area contributed by atoms with E-state index in [2.05, 4.69) is 11.1 Å². The molecule has 0 radical (unpaired) electrons. The van der Waals surface area contributed by atoms with E-state index in [1.54, 1.807) is 12.1 Å². The van der Waals surface area contributed by atoms with Crippen LogP contribution in [0.5, 0.6) is 5.75 Å². The van der Waals surface area contributed by atoms with Gasteiger partial charge in [0.25, 0.3) is 5.91 Å². The fourth-order valence-electron chi connectivity index (χ4n) is 5.72. The maximum Gasteiger partial charge on any atom is 0.440 e. The van der Waals surface area contributed by atoms with Crippen LogP contribution < -0.4 is 16.2 Å². The summed E-state index contributed by atoms with van der Waals surface area (Å²) in [6, 6.07) is 27.9. The maximum absolute atomic E-state index is 13.3. The number of aromatic amines is 1. The molecule has 8 nitrogen and oxygen atoms in total. The lowest BCUT2D eigenvalue weighted by atomic mass is 9.89. The number of halogens is 1. The van der Waals surface area contributed by atoms with E-state index in [0.29, 0.717) is 36.9 Å². The number of carbonyl (C=O) groups excluding carboxylic acids is 1. The number of hydrogen-bond acceptors (Lipinski definition) is 5. The van der Waals surface area contributed by atoms with Gasteiger partial charge in [-0.1, -0.05) is 48.5 Å². The molecule has 1 aliphatic heterocycles. The van der Waals surface area contributed by atoms with Crippen LogP contribution in [0.1, 0.15) is 51.4 Å². The minimum absolute atomic E-state index is 0.0371. The van der Waals surface area contributed by atoms with E-state index in [0.717, 1.165) is 51.0 Å². The number of nitrogens with zero attached hydrogens (tertiary/aromatic N) is 2. The predicted molar refractivity (Wildman–Crippen MR) is 164 cm³/mol. The van der Waals surface area contributed by atoms with Gasteiger partial charge in [-0.3, -0.25) is 4.79 Å². The summed E-state index contributed by atoms with van der Waals surface area (Å²) in [5.41, 5.74) is 6.11. The Morgan fingerprint density at radius 3 is 2.36 bits per heavy atom. The number of carbonyl (C=O) groups is 1. The zero-order valence-corrected chi connectivity index (χ0v) is 24.3. The molecule has 1 fully saturated rings. The zero-order chi connectivity index (χ0) is 30.6. The van der Waals surface area contributed by atoms with Crippen LogP contribution in [-0.4, -0.2) is 33.6 Å². The number of piperidine rings is 1. The molecule has 0 spiro atoms. The van der Waals surface area contributed by atoms with Crippen molar-refractivity contribution in [3.63, 3.8) is 0 Å². The van der Waals surface area contributed by atoms with Crippen molar-refractivity contribution in [1.29, 1.82) is 0 Å². The van der Waals surface area contributed by atoms with E-state index in [-0.39, 0.29) is 18.3 Å². The third kappa shape index (κ3) is 6.57. The van der Waals surface area contributed by atoms with Crippen molar-refractivity contribution in [2.75, 3.05) is 13.1 Å². The quantitative estimate of drug-likeness (QED) is 0.242. The van der Waals surface area contributed by atoms with Crippen LogP contribution in [0.2, 0.25) is 0 Å². The van der Waals surface area contributed by atoms with Gasteiger partial charge in [-0.2, -0.15) is 0 Å². The van der Waals surface area contributed by atoms with Gasteiger partial charge in [-0.15, -0.1) is 4.74 Å². The van der Waals surface area contributed by atoms with E-state index >= 15 is 0 Å². The lowest BCUT2D eigenvalue weighted by Gasteiger charge is -2.32. The van der Waals surface area contributed by atoms with Crippen molar-refractivity contribution in [1.82, 2.24) is 14.6 Å². The second-order valence-electron chi connectivity index (χ2n) is 11.1. The van der Waals surface area contributed by atoms with Crippen molar-refractivity contribution >= 4 is 5.91 Å². The topological polar surface area (TPSA) is 97.5 Å². The minimum atomic E-state index is -0.784. The van der Waals surface area contributed by atoms with Gasteiger partial charge in [0.15, 0.2) is 0 Å². The monoisotopic (exact) mass is 593 g/mol. The first-order valence-electron chi connectivity index (χ1n) is 14.6. The summed E-state index contributed by atoms with van der Waals surface area (Å²) < 4.78 is 25.1. The number of rotatable bonds is 8. The van der Waals surface area contributed by atoms with Crippen molar-refractivity contribution in [2.45, 2.75) is 38.8 Å². The summed E-state index contributed by atoms with van der Waals surface area (Å²) in [7, 11) is 0. The highest BCUT2D eigenvalue weighted by molar-refractivity contribution is 5.95. The zero-order valence-electron chi connectivity index (χ0n) is 24.3. The van der Waals surface area contributed by atoms with Gasteiger partial charge < -0.3 is 14.2 Å². The van der Waals surface area contributed by atoms with Gasteiger partial charge in [-0.25, -0.2) is 19.0 Å². The summed E-state index contributed by atoms with van der Waals surface area (Å²) in [5, 5.41) is 0. The van der Waals surface area contributed by atoms with Gasteiger partial charge in [0, 0.05) is 18.7 Å². The highest BCUT2D eigenvalue weighted by atomic mass is 19.1. The predicted octanol–water partition coefficient (Wildman–Crippen LogP) is 5.89. The summed E-state index contributed by atoms with van der Waals surface area (Å²) in [5.74, 6) is 0.0321. The number of aryl methyl sites for hydroxylation is 1. The lowest BCUT2D eigenvalue weighted by molar-refractivity contribution is 0.0713. The van der Waals surface area contributed by atoms with Crippen LogP contribution in [0.15, 0.2) is 105 Å². The SMILES string of the molecule is Cc1cc(C(=O)N2CCC(c3ccc(F)cc3)CC2)ccc1-c1cccc(COc2ccc(Cn3oc(=O)[nH]c3=O)cc2)c1. The fourth-order valence-corrected chi connectivity index (χ4v) is 5.72. The first-order chi connectivity index (χ1) is 21.3. The van der Waals surface area contributed by atoms with Crippen molar-refractivity contribution in [2.24, 2.45) is 0 Å². The first kappa shape index (κ1) is 28.9. The number of nitrogens with one attached hydrogen (secondary N) is 1. The molecule has 1 saturated heterocycles. The molecular weight excluding hydrogens is 561 g/mol. The Morgan fingerprint density at radius 2 is 1.68 bits per heavy atom. The highest BCUT2D eigenvalue weighted by Crippen LogP contribution is 2.30. The lowest BCUT2D eigenvalue weighted by Crippen LogP contribution is -2.37. The summed E-state index contributed by atoms with van der Waals surface area (Å²) in [6.45, 7) is 3.88. The average molecular weight is 594 g/mol. The molecule has 0 aliphatic carbocycles. The Bertz CT molecular complexity index is 1880. The van der Waals surface area contributed by atoms with Crippen LogP contribution in [0.4, 0.5) is 4.39 Å². The molecule has 9 heteroatoms. The third-order valence-electron chi connectivity index (χ3n) is 8.12. The molecule has 224 valence electrons. The molecule has 1 aliphatic rings. The molecule has 1 amide bonds. The molecule has 2 heterocycles. The fraction of sp³-hybridized carbons (Fsp3) is 0.229. The normalized spacial score (nSPS) is 13.6. The molecule has 5 aromatic rings.